The largest absolute Gasteiger partial charge is 0.448 e. The Hall–Kier alpha value is -2.70. The molecule has 0 saturated heterocycles. The van der Waals surface area contributed by atoms with Crippen LogP contribution >= 0.6 is 0 Å². The highest BCUT2D eigenvalue weighted by molar-refractivity contribution is 6.02. The Morgan fingerprint density at radius 1 is 1.22 bits per heavy atom. The smallest absolute Gasteiger partial charge is 0.360 e. The van der Waals surface area contributed by atoms with E-state index in [4.69, 9.17) is 10.5 Å². The van der Waals surface area contributed by atoms with E-state index in [0.29, 0.717) is 17.3 Å². The Bertz CT molecular complexity index is 811. The Kier molecular flexibility index (Phi) is 4.78. The molecule has 2 N–H and O–H groups in total. The fourth-order valence-corrected chi connectivity index (χ4v) is 2.13. The van der Waals surface area contributed by atoms with Crippen LogP contribution < -0.4 is 11.3 Å². The number of benzene rings is 1. The molecule has 23 heavy (non-hydrogen) atoms. The number of hydrogen-bond donors (Lipinski definition) is 1. The zero-order valence-electron chi connectivity index (χ0n) is 13.3. The molecule has 0 aliphatic heterocycles. The van der Waals surface area contributed by atoms with Crippen molar-refractivity contribution in [2.24, 2.45) is 11.7 Å². The third kappa shape index (κ3) is 3.56. The standard InChI is InChI=1S/C16H19N3O4/c1-9(2)8-19-15(21)12-7-5-4-6-11(12)13(18-19)16(22)23-10(3)14(17)20/h4-7,9-10H,8H2,1-3H3,(H2,17,20)/t10-/m0/s1. The average molecular weight is 317 g/mol. The van der Waals surface area contributed by atoms with Crippen molar-refractivity contribution in [3.8, 4) is 0 Å². The van der Waals surface area contributed by atoms with Crippen LogP contribution in [0.25, 0.3) is 10.8 Å². The number of hydrogen-bond acceptors (Lipinski definition) is 5. The fourth-order valence-electron chi connectivity index (χ4n) is 2.13. The second-order valence-electron chi connectivity index (χ2n) is 5.73. The van der Waals surface area contributed by atoms with E-state index in [1.165, 1.54) is 11.6 Å². The van der Waals surface area contributed by atoms with Gasteiger partial charge in [0.1, 0.15) is 0 Å². The van der Waals surface area contributed by atoms with Gasteiger partial charge in [0.2, 0.25) is 0 Å². The summed E-state index contributed by atoms with van der Waals surface area (Å²) in [6.45, 7) is 5.63. The summed E-state index contributed by atoms with van der Waals surface area (Å²) in [5.74, 6) is -1.36. The molecule has 7 nitrogen and oxygen atoms in total. The van der Waals surface area contributed by atoms with Gasteiger partial charge in [-0.15, -0.1) is 0 Å². The van der Waals surface area contributed by atoms with Gasteiger partial charge in [-0.1, -0.05) is 32.0 Å². The highest BCUT2D eigenvalue weighted by Gasteiger charge is 2.22. The van der Waals surface area contributed by atoms with Gasteiger partial charge in [-0.25, -0.2) is 9.48 Å². The molecule has 0 aliphatic rings. The van der Waals surface area contributed by atoms with E-state index in [9.17, 15) is 14.4 Å². The minimum absolute atomic E-state index is 0.00560. The van der Waals surface area contributed by atoms with Gasteiger partial charge in [-0.05, 0) is 18.9 Å². The summed E-state index contributed by atoms with van der Waals surface area (Å²) in [5.41, 5.74) is 4.83. The molecule has 7 heteroatoms. The van der Waals surface area contributed by atoms with Crippen LogP contribution in [-0.2, 0) is 16.1 Å². The summed E-state index contributed by atoms with van der Waals surface area (Å²) in [6, 6.07) is 6.66. The molecule has 1 aromatic heterocycles. The molecule has 0 fully saturated rings. The number of carbonyl (C=O) groups excluding carboxylic acids is 2. The van der Waals surface area contributed by atoms with Gasteiger partial charge in [0, 0.05) is 11.9 Å². The Labute approximate surface area is 133 Å². The molecular formula is C16H19N3O4. The minimum atomic E-state index is -1.08. The van der Waals surface area contributed by atoms with Gasteiger partial charge in [-0.3, -0.25) is 9.59 Å². The first-order valence-corrected chi connectivity index (χ1v) is 7.31. The van der Waals surface area contributed by atoms with E-state index in [1.54, 1.807) is 24.3 Å². The first kappa shape index (κ1) is 16.7. The molecular weight excluding hydrogens is 298 g/mol. The molecule has 0 spiro atoms. The molecule has 1 heterocycles. The molecule has 1 atom stereocenters. The lowest BCUT2D eigenvalue weighted by atomic mass is 10.1. The molecule has 0 bridgehead atoms. The van der Waals surface area contributed by atoms with E-state index in [2.05, 4.69) is 5.10 Å². The van der Waals surface area contributed by atoms with Gasteiger partial charge in [0.05, 0.1) is 5.39 Å². The second-order valence-corrected chi connectivity index (χ2v) is 5.73. The highest BCUT2D eigenvalue weighted by atomic mass is 16.5. The molecule has 0 saturated carbocycles. The van der Waals surface area contributed by atoms with Crippen LogP contribution in [0.5, 0.6) is 0 Å². The van der Waals surface area contributed by atoms with Crippen molar-refractivity contribution in [3.63, 3.8) is 0 Å². The van der Waals surface area contributed by atoms with Gasteiger partial charge < -0.3 is 10.5 Å². The Morgan fingerprint density at radius 3 is 2.39 bits per heavy atom. The molecule has 0 aliphatic carbocycles. The minimum Gasteiger partial charge on any atom is -0.448 e. The van der Waals surface area contributed by atoms with Gasteiger partial charge in [0.15, 0.2) is 11.8 Å². The van der Waals surface area contributed by atoms with Crippen molar-refractivity contribution in [1.29, 1.82) is 0 Å². The number of nitrogens with zero attached hydrogens (tertiary/aromatic N) is 2. The lowest BCUT2D eigenvalue weighted by Gasteiger charge is -2.13. The predicted molar refractivity (Wildman–Crippen MR) is 84.9 cm³/mol. The first-order valence-electron chi connectivity index (χ1n) is 7.31. The van der Waals surface area contributed by atoms with Crippen LogP contribution in [-0.4, -0.2) is 27.8 Å². The third-order valence-electron chi connectivity index (χ3n) is 3.28. The number of nitrogens with two attached hydrogens (primary N) is 1. The molecule has 2 rings (SSSR count). The van der Waals surface area contributed by atoms with Gasteiger partial charge in [-0.2, -0.15) is 5.10 Å². The maximum atomic E-state index is 12.4. The van der Waals surface area contributed by atoms with E-state index in [0.717, 1.165) is 0 Å². The third-order valence-corrected chi connectivity index (χ3v) is 3.28. The number of carbonyl (C=O) groups is 2. The van der Waals surface area contributed by atoms with Crippen LogP contribution in [0.3, 0.4) is 0 Å². The number of esters is 1. The molecule has 0 radical (unpaired) electrons. The maximum absolute atomic E-state index is 12.4. The van der Waals surface area contributed by atoms with Crippen molar-refractivity contribution in [3.05, 3.63) is 40.3 Å². The summed E-state index contributed by atoms with van der Waals surface area (Å²) in [6.07, 6.45) is -1.08. The average Bonchev–Trinajstić information content (AvgIpc) is 2.49. The Balaban J connectivity index is 2.57. The summed E-state index contributed by atoms with van der Waals surface area (Å²) < 4.78 is 6.26. The molecule has 122 valence electrons. The Morgan fingerprint density at radius 2 is 1.83 bits per heavy atom. The van der Waals surface area contributed by atoms with Crippen LogP contribution in [0.2, 0.25) is 0 Å². The monoisotopic (exact) mass is 317 g/mol. The van der Waals surface area contributed by atoms with E-state index < -0.39 is 18.0 Å². The summed E-state index contributed by atoms with van der Waals surface area (Å²) in [4.78, 5) is 35.8. The number of ether oxygens (including phenoxy) is 1. The second kappa shape index (κ2) is 6.60. The number of aromatic nitrogens is 2. The van der Waals surface area contributed by atoms with Crippen LogP contribution in [0, 0.1) is 5.92 Å². The molecule has 1 aromatic carbocycles. The van der Waals surface area contributed by atoms with Crippen molar-refractivity contribution < 1.29 is 14.3 Å². The number of fused-ring (bicyclic) bond motifs is 1. The SMILES string of the molecule is CC(C)Cn1nc(C(=O)O[C@@H](C)C(N)=O)c2ccccc2c1=O. The van der Waals surface area contributed by atoms with Crippen molar-refractivity contribution in [2.75, 3.05) is 0 Å². The topological polar surface area (TPSA) is 104 Å². The van der Waals surface area contributed by atoms with E-state index in [1.807, 2.05) is 13.8 Å². The van der Waals surface area contributed by atoms with Gasteiger partial charge in [0.25, 0.3) is 11.5 Å². The lowest BCUT2D eigenvalue weighted by Crippen LogP contribution is -2.32. The molecule has 0 unspecified atom stereocenters. The molecule has 2 aromatic rings. The number of rotatable bonds is 5. The molecule has 1 amide bonds. The lowest BCUT2D eigenvalue weighted by molar-refractivity contribution is -0.125. The van der Waals surface area contributed by atoms with E-state index >= 15 is 0 Å². The first-order chi connectivity index (χ1) is 10.8. The quantitative estimate of drug-likeness (QED) is 0.831. The van der Waals surface area contributed by atoms with Crippen molar-refractivity contribution in [1.82, 2.24) is 9.78 Å². The highest BCUT2D eigenvalue weighted by Crippen LogP contribution is 2.15. The predicted octanol–water partition coefficient (Wildman–Crippen LogP) is 1.08. The van der Waals surface area contributed by atoms with Gasteiger partial charge >= 0.3 is 5.97 Å². The van der Waals surface area contributed by atoms with E-state index in [-0.39, 0.29) is 17.2 Å². The normalized spacial score (nSPS) is 12.3. The fraction of sp³-hybridized carbons (Fsp3) is 0.375. The van der Waals surface area contributed by atoms with Crippen LogP contribution in [0.1, 0.15) is 31.3 Å². The van der Waals surface area contributed by atoms with Crippen LogP contribution in [0.4, 0.5) is 0 Å². The maximum Gasteiger partial charge on any atom is 0.360 e. The number of primary amides is 1. The summed E-state index contributed by atoms with van der Waals surface area (Å²) in [5, 5.41) is 4.90. The summed E-state index contributed by atoms with van der Waals surface area (Å²) in [7, 11) is 0. The van der Waals surface area contributed by atoms with Crippen LogP contribution in [0.15, 0.2) is 29.1 Å². The summed E-state index contributed by atoms with van der Waals surface area (Å²) >= 11 is 0. The number of amides is 1. The van der Waals surface area contributed by atoms with Crippen molar-refractivity contribution in [2.45, 2.75) is 33.4 Å². The van der Waals surface area contributed by atoms with Crippen molar-refractivity contribution >= 4 is 22.6 Å². The zero-order chi connectivity index (χ0) is 17.1. The zero-order valence-corrected chi connectivity index (χ0v) is 13.3.